The second-order valence-corrected chi connectivity index (χ2v) is 7.51. The summed E-state index contributed by atoms with van der Waals surface area (Å²) in [5.74, 6) is 0.746. The molecule has 128 valence electrons. The normalized spacial score (nSPS) is 36.5. The van der Waals surface area contributed by atoms with Crippen LogP contribution in [-0.2, 0) is 4.74 Å². The van der Waals surface area contributed by atoms with Crippen molar-refractivity contribution in [3.05, 3.63) is 0 Å². The molecule has 2 heterocycles. The number of hydrogen-bond acceptors (Lipinski definition) is 5. The predicted molar refractivity (Wildman–Crippen MR) is 90.3 cm³/mol. The molecule has 2 N–H and O–H groups in total. The van der Waals surface area contributed by atoms with Crippen molar-refractivity contribution in [1.82, 2.24) is 20.4 Å². The molecule has 1 saturated carbocycles. The third-order valence-corrected chi connectivity index (χ3v) is 5.66. The van der Waals surface area contributed by atoms with Gasteiger partial charge in [0.2, 0.25) is 0 Å². The van der Waals surface area contributed by atoms with Crippen LogP contribution in [0.15, 0.2) is 0 Å². The molecular formula is C17H34N4O. The van der Waals surface area contributed by atoms with Gasteiger partial charge >= 0.3 is 0 Å². The van der Waals surface area contributed by atoms with E-state index in [0.717, 1.165) is 25.7 Å². The van der Waals surface area contributed by atoms with E-state index in [1.807, 2.05) is 0 Å². The fourth-order valence-corrected chi connectivity index (χ4v) is 4.37. The molecule has 0 amide bonds. The van der Waals surface area contributed by atoms with Crippen LogP contribution in [0.1, 0.15) is 26.2 Å². The van der Waals surface area contributed by atoms with Crippen LogP contribution in [0, 0.1) is 5.92 Å². The standard InChI is InChI=1S/C17H34N4O/c1-14(12-21-9-7-20(2)8-10-21)19-16-5-3-4-15(16)17-13-22-11-6-18-17/h14-19H,3-13H2,1-2H3. The molecule has 0 radical (unpaired) electrons. The van der Waals surface area contributed by atoms with Gasteiger partial charge in [0.25, 0.3) is 0 Å². The highest BCUT2D eigenvalue weighted by molar-refractivity contribution is 4.93. The molecule has 1 aliphatic carbocycles. The molecule has 3 aliphatic rings. The van der Waals surface area contributed by atoms with Crippen molar-refractivity contribution in [2.75, 3.05) is 59.5 Å². The Hall–Kier alpha value is -0.200. The summed E-state index contributed by atoms with van der Waals surface area (Å²) in [7, 11) is 2.22. The Kier molecular flexibility index (Phi) is 6.10. The highest BCUT2D eigenvalue weighted by Crippen LogP contribution is 2.29. The van der Waals surface area contributed by atoms with Gasteiger partial charge in [0.15, 0.2) is 0 Å². The van der Waals surface area contributed by atoms with Gasteiger partial charge in [0.1, 0.15) is 0 Å². The van der Waals surface area contributed by atoms with Crippen LogP contribution in [-0.4, -0.2) is 87.5 Å². The average Bonchev–Trinajstić information content (AvgIpc) is 2.98. The number of likely N-dealkylation sites (N-methyl/N-ethyl adjacent to an activating group) is 1. The monoisotopic (exact) mass is 310 g/mol. The Morgan fingerprint density at radius 1 is 1.23 bits per heavy atom. The third-order valence-electron chi connectivity index (χ3n) is 5.66. The molecule has 0 spiro atoms. The lowest BCUT2D eigenvalue weighted by Crippen LogP contribution is -2.54. The third kappa shape index (κ3) is 4.42. The maximum absolute atomic E-state index is 5.68. The smallest absolute Gasteiger partial charge is 0.0623 e. The van der Waals surface area contributed by atoms with Gasteiger partial charge < -0.3 is 20.3 Å². The van der Waals surface area contributed by atoms with Crippen molar-refractivity contribution in [3.8, 4) is 0 Å². The molecule has 0 bridgehead atoms. The van der Waals surface area contributed by atoms with E-state index in [4.69, 9.17) is 4.74 Å². The van der Waals surface area contributed by atoms with Crippen LogP contribution < -0.4 is 10.6 Å². The molecule has 2 aliphatic heterocycles. The van der Waals surface area contributed by atoms with Crippen molar-refractivity contribution in [3.63, 3.8) is 0 Å². The number of piperazine rings is 1. The summed E-state index contributed by atoms with van der Waals surface area (Å²) in [5, 5.41) is 7.60. The summed E-state index contributed by atoms with van der Waals surface area (Å²) in [6.45, 7) is 11.2. The average molecular weight is 310 g/mol. The van der Waals surface area contributed by atoms with Gasteiger partial charge in [0.05, 0.1) is 13.2 Å². The van der Waals surface area contributed by atoms with E-state index >= 15 is 0 Å². The zero-order chi connectivity index (χ0) is 15.4. The molecule has 4 unspecified atom stereocenters. The molecular weight excluding hydrogens is 276 g/mol. The second-order valence-electron chi connectivity index (χ2n) is 7.51. The molecule has 0 aromatic carbocycles. The Balaban J connectivity index is 1.44. The number of morpholine rings is 1. The first-order valence-electron chi connectivity index (χ1n) is 9.20. The zero-order valence-electron chi connectivity index (χ0n) is 14.4. The fourth-order valence-electron chi connectivity index (χ4n) is 4.37. The van der Waals surface area contributed by atoms with Gasteiger partial charge in [0, 0.05) is 57.4 Å². The molecule has 3 rings (SSSR count). The summed E-state index contributed by atoms with van der Waals surface area (Å²) < 4.78 is 5.68. The van der Waals surface area contributed by atoms with E-state index in [1.165, 1.54) is 52.0 Å². The highest BCUT2D eigenvalue weighted by atomic mass is 16.5. The van der Waals surface area contributed by atoms with Crippen molar-refractivity contribution in [2.24, 2.45) is 5.92 Å². The minimum absolute atomic E-state index is 0.560. The summed E-state index contributed by atoms with van der Waals surface area (Å²) >= 11 is 0. The maximum atomic E-state index is 5.68. The van der Waals surface area contributed by atoms with Gasteiger partial charge in [-0.15, -0.1) is 0 Å². The Morgan fingerprint density at radius 3 is 2.77 bits per heavy atom. The van der Waals surface area contributed by atoms with Crippen LogP contribution in [0.5, 0.6) is 0 Å². The number of rotatable bonds is 5. The topological polar surface area (TPSA) is 39.8 Å². The summed E-state index contributed by atoms with van der Waals surface area (Å²) in [4.78, 5) is 5.04. The minimum atomic E-state index is 0.560. The van der Waals surface area contributed by atoms with Gasteiger partial charge in [-0.1, -0.05) is 6.42 Å². The second kappa shape index (κ2) is 8.06. The number of nitrogens with zero attached hydrogens (tertiary/aromatic N) is 2. The first kappa shape index (κ1) is 16.7. The minimum Gasteiger partial charge on any atom is -0.379 e. The number of ether oxygens (including phenoxy) is 1. The van der Waals surface area contributed by atoms with Crippen molar-refractivity contribution >= 4 is 0 Å². The van der Waals surface area contributed by atoms with Crippen LogP contribution in [0.25, 0.3) is 0 Å². The summed E-state index contributed by atoms with van der Waals surface area (Å²) in [5.41, 5.74) is 0. The van der Waals surface area contributed by atoms with Crippen LogP contribution in [0.2, 0.25) is 0 Å². The van der Waals surface area contributed by atoms with E-state index in [9.17, 15) is 0 Å². The van der Waals surface area contributed by atoms with Crippen LogP contribution >= 0.6 is 0 Å². The lowest BCUT2D eigenvalue weighted by molar-refractivity contribution is 0.0510. The molecule has 0 aromatic heterocycles. The summed E-state index contributed by atoms with van der Waals surface area (Å²) in [6, 6.07) is 1.81. The van der Waals surface area contributed by atoms with Gasteiger partial charge in [-0.05, 0) is 32.7 Å². The number of nitrogens with one attached hydrogen (secondary N) is 2. The van der Waals surface area contributed by atoms with E-state index < -0.39 is 0 Å². The van der Waals surface area contributed by atoms with Gasteiger partial charge in [-0.3, -0.25) is 4.90 Å². The SMILES string of the molecule is CC(CN1CCN(C)CC1)NC1CCCC1C1COCCN1. The summed E-state index contributed by atoms with van der Waals surface area (Å²) in [6.07, 6.45) is 4.04. The molecule has 5 heteroatoms. The molecule has 3 fully saturated rings. The van der Waals surface area contributed by atoms with E-state index in [1.54, 1.807) is 0 Å². The quantitative estimate of drug-likeness (QED) is 0.768. The van der Waals surface area contributed by atoms with Crippen molar-refractivity contribution in [1.29, 1.82) is 0 Å². The Morgan fingerprint density at radius 2 is 2.05 bits per heavy atom. The predicted octanol–water partition coefficient (Wildman–Crippen LogP) is 0.369. The van der Waals surface area contributed by atoms with Crippen LogP contribution in [0.4, 0.5) is 0 Å². The van der Waals surface area contributed by atoms with E-state index in [0.29, 0.717) is 18.1 Å². The first-order chi connectivity index (χ1) is 10.7. The lowest BCUT2D eigenvalue weighted by Gasteiger charge is -2.37. The fraction of sp³-hybridized carbons (Fsp3) is 1.00. The van der Waals surface area contributed by atoms with Crippen molar-refractivity contribution in [2.45, 2.75) is 44.3 Å². The first-order valence-corrected chi connectivity index (χ1v) is 9.20. The van der Waals surface area contributed by atoms with Crippen LogP contribution in [0.3, 0.4) is 0 Å². The zero-order valence-corrected chi connectivity index (χ0v) is 14.4. The number of hydrogen-bond donors (Lipinski definition) is 2. The molecule has 0 aromatic rings. The lowest BCUT2D eigenvalue weighted by atomic mass is 9.93. The Bertz CT molecular complexity index is 327. The largest absolute Gasteiger partial charge is 0.379 e. The maximum Gasteiger partial charge on any atom is 0.0623 e. The molecule has 4 atom stereocenters. The molecule has 22 heavy (non-hydrogen) atoms. The van der Waals surface area contributed by atoms with E-state index in [2.05, 4.69) is 34.4 Å². The molecule has 2 saturated heterocycles. The Labute approximate surface area is 135 Å². The highest BCUT2D eigenvalue weighted by Gasteiger charge is 2.35. The van der Waals surface area contributed by atoms with E-state index in [-0.39, 0.29) is 0 Å². The molecule has 5 nitrogen and oxygen atoms in total. The van der Waals surface area contributed by atoms with Crippen molar-refractivity contribution < 1.29 is 4.74 Å². The van der Waals surface area contributed by atoms with Gasteiger partial charge in [-0.25, -0.2) is 0 Å². The van der Waals surface area contributed by atoms with Gasteiger partial charge in [-0.2, -0.15) is 0 Å².